The molecule has 138 valence electrons. The second-order valence-corrected chi connectivity index (χ2v) is 7.39. The van der Waals surface area contributed by atoms with E-state index in [4.69, 9.17) is 4.99 Å². The summed E-state index contributed by atoms with van der Waals surface area (Å²) in [5.74, 6) is -0.0344. The fourth-order valence-electron chi connectivity index (χ4n) is 3.01. The van der Waals surface area contributed by atoms with Crippen LogP contribution in [0.5, 0.6) is 0 Å². The highest BCUT2D eigenvalue weighted by Crippen LogP contribution is 2.39. The van der Waals surface area contributed by atoms with E-state index in [0.29, 0.717) is 10.1 Å². The molecule has 0 bridgehead atoms. The third kappa shape index (κ3) is 3.89. The summed E-state index contributed by atoms with van der Waals surface area (Å²) < 4.78 is 0. The van der Waals surface area contributed by atoms with Crippen LogP contribution in [-0.2, 0) is 4.79 Å². The number of hydrogen-bond donors (Lipinski definition) is 0. The van der Waals surface area contributed by atoms with Crippen LogP contribution in [0.25, 0.3) is 6.08 Å². The van der Waals surface area contributed by atoms with Crippen LogP contribution in [0.4, 0.5) is 5.69 Å². The first-order chi connectivity index (χ1) is 13.7. The molecule has 1 aliphatic heterocycles. The lowest BCUT2D eigenvalue weighted by Gasteiger charge is -2.24. The van der Waals surface area contributed by atoms with Crippen molar-refractivity contribution in [3.63, 3.8) is 0 Å². The molecule has 2 aromatic carbocycles. The molecule has 5 heteroatoms. The van der Waals surface area contributed by atoms with Crippen molar-refractivity contribution >= 4 is 34.6 Å². The molecule has 0 unspecified atom stereocenters. The maximum Gasteiger partial charge on any atom is 0.267 e. The number of amidine groups is 1. The van der Waals surface area contributed by atoms with Gasteiger partial charge in [0.1, 0.15) is 0 Å². The van der Waals surface area contributed by atoms with E-state index in [0.717, 1.165) is 16.8 Å². The monoisotopic (exact) mass is 385 g/mol. The van der Waals surface area contributed by atoms with Gasteiger partial charge in [0.05, 0.1) is 16.6 Å². The predicted octanol–water partition coefficient (Wildman–Crippen LogP) is 5.45. The molecule has 3 aromatic rings. The lowest BCUT2D eigenvalue weighted by atomic mass is 10.1. The molecule has 1 aliphatic rings. The van der Waals surface area contributed by atoms with Crippen molar-refractivity contribution in [2.45, 2.75) is 13.0 Å². The standard InChI is InChI=1S/C23H19N3OS/c1-17(19-8-4-2-5-9-19)26-22(27)21(16-18-12-14-24-15-13-18)28-23(26)25-20-10-6-3-7-11-20/h2-17H,1H3/b21-16+,25-23?/t17-/m0/s1. The minimum Gasteiger partial charge on any atom is -0.279 e. The lowest BCUT2D eigenvalue weighted by molar-refractivity contribution is -0.123. The normalized spacial score (nSPS) is 18.0. The highest BCUT2D eigenvalue weighted by Gasteiger charge is 2.37. The average Bonchev–Trinajstić information content (AvgIpc) is 3.04. The summed E-state index contributed by atoms with van der Waals surface area (Å²) in [5.41, 5.74) is 2.84. The Bertz CT molecular complexity index is 1020. The first kappa shape index (κ1) is 18.2. The first-order valence-electron chi connectivity index (χ1n) is 9.04. The van der Waals surface area contributed by atoms with Gasteiger partial charge in [-0.25, -0.2) is 4.99 Å². The SMILES string of the molecule is C[C@@H](c1ccccc1)N1C(=O)/C(=C\c2ccncc2)SC1=Nc1ccccc1. The molecule has 0 N–H and O–H groups in total. The second kappa shape index (κ2) is 8.23. The van der Waals surface area contributed by atoms with E-state index in [-0.39, 0.29) is 11.9 Å². The third-order valence-corrected chi connectivity index (χ3v) is 5.47. The maximum atomic E-state index is 13.3. The first-order valence-corrected chi connectivity index (χ1v) is 9.86. The number of thioether (sulfide) groups is 1. The number of carbonyl (C=O) groups excluding carboxylic acids is 1. The Hall–Kier alpha value is -3.18. The Kier molecular flexibility index (Phi) is 5.35. The van der Waals surface area contributed by atoms with Gasteiger partial charge in [-0.15, -0.1) is 0 Å². The highest BCUT2D eigenvalue weighted by molar-refractivity contribution is 8.18. The van der Waals surface area contributed by atoms with Crippen LogP contribution in [-0.4, -0.2) is 21.0 Å². The Morgan fingerprint density at radius 2 is 1.61 bits per heavy atom. The predicted molar refractivity (Wildman–Crippen MR) is 115 cm³/mol. The smallest absolute Gasteiger partial charge is 0.267 e. The van der Waals surface area contributed by atoms with Gasteiger partial charge in [0.15, 0.2) is 5.17 Å². The zero-order valence-corrected chi connectivity index (χ0v) is 16.2. The number of aromatic nitrogens is 1. The van der Waals surface area contributed by atoms with E-state index in [1.54, 1.807) is 17.3 Å². The van der Waals surface area contributed by atoms with Gasteiger partial charge in [-0.2, -0.15) is 0 Å². The summed E-state index contributed by atoms with van der Waals surface area (Å²) in [4.78, 5) is 24.5. The molecule has 4 nitrogen and oxygen atoms in total. The van der Waals surface area contributed by atoms with Gasteiger partial charge in [-0.05, 0) is 60.2 Å². The summed E-state index contributed by atoms with van der Waals surface area (Å²) in [6.07, 6.45) is 5.34. The molecule has 0 spiro atoms. The highest BCUT2D eigenvalue weighted by atomic mass is 32.2. The van der Waals surface area contributed by atoms with E-state index in [2.05, 4.69) is 4.98 Å². The molecule has 0 aliphatic carbocycles. The average molecular weight is 385 g/mol. The van der Waals surface area contributed by atoms with Crippen LogP contribution in [0.3, 0.4) is 0 Å². The molecular formula is C23H19N3OS. The van der Waals surface area contributed by atoms with Crippen molar-refractivity contribution in [2.24, 2.45) is 4.99 Å². The van der Waals surface area contributed by atoms with Crippen molar-refractivity contribution in [3.05, 3.63) is 101 Å². The molecule has 0 radical (unpaired) electrons. The molecule has 1 aromatic heterocycles. The Labute approximate surface area is 168 Å². The largest absolute Gasteiger partial charge is 0.279 e. The number of para-hydroxylation sites is 1. The van der Waals surface area contributed by atoms with E-state index in [1.807, 2.05) is 85.8 Å². The van der Waals surface area contributed by atoms with Crippen LogP contribution < -0.4 is 0 Å². The molecule has 1 saturated heterocycles. The van der Waals surface area contributed by atoms with E-state index in [9.17, 15) is 4.79 Å². The number of benzene rings is 2. The number of amides is 1. The van der Waals surface area contributed by atoms with E-state index < -0.39 is 0 Å². The number of aliphatic imine (C=N–C) groups is 1. The summed E-state index contributed by atoms with van der Waals surface area (Å²) >= 11 is 1.41. The van der Waals surface area contributed by atoms with Gasteiger partial charge in [-0.1, -0.05) is 48.5 Å². The third-order valence-electron chi connectivity index (χ3n) is 4.49. The summed E-state index contributed by atoms with van der Waals surface area (Å²) in [6, 6.07) is 23.4. The van der Waals surface area contributed by atoms with Crippen LogP contribution >= 0.6 is 11.8 Å². The molecule has 1 amide bonds. The van der Waals surface area contributed by atoms with Crippen molar-refractivity contribution in [2.75, 3.05) is 0 Å². The fourth-order valence-corrected chi connectivity index (χ4v) is 4.08. The summed E-state index contributed by atoms with van der Waals surface area (Å²) in [5, 5.41) is 0.688. The van der Waals surface area contributed by atoms with Gasteiger partial charge in [0.2, 0.25) is 0 Å². The zero-order chi connectivity index (χ0) is 19.3. The molecule has 1 fully saturated rings. The number of nitrogens with zero attached hydrogens (tertiary/aromatic N) is 3. The molecule has 4 rings (SSSR count). The van der Waals surface area contributed by atoms with Crippen LogP contribution in [0.15, 0.2) is 95.1 Å². The maximum absolute atomic E-state index is 13.3. The molecule has 1 atom stereocenters. The molecule has 2 heterocycles. The number of pyridine rings is 1. The van der Waals surface area contributed by atoms with Crippen molar-refractivity contribution in [1.29, 1.82) is 0 Å². The Morgan fingerprint density at radius 3 is 2.29 bits per heavy atom. The second-order valence-electron chi connectivity index (χ2n) is 6.38. The van der Waals surface area contributed by atoms with Gasteiger partial charge in [0, 0.05) is 12.4 Å². The van der Waals surface area contributed by atoms with Crippen LogP contribution in [0, 0.1) is 0 Å². The molecule has 28 heavy (non-hydrogen) atoms. The summed E-state index contributed by atoms with van der Waals surface area (Å²) in [7, 11) is 0. The van der Waals surface area contributed by atoms with E-state index in [1.165, 1.54) is 11.8 Å². The molecular weight excluding hydrogens is 366 g/mol. The number of hydrogen-bond acceptors (Lipinski definition) is 4. The number of carbonyl (C=O) groups is 1. The van der Waals surface area contributed by atoms with Gasteiger partial charge in [-0.3, -0.25) is 14.7 Å². The lowest BCUT2D eigenvalue weighted by Crippen LogP contribution is -2.32. The van der Waals surface area contributed by atoms with Crippen molar-refractivity contribution in [1.82, 2.24) is 9.88 Å². The van der Waals surface area contributed by atoms with Crippen molar-refractivity contribution < 1.29 is 4.79 Å². The van der Waals surface area contributed by atoms with Gasteiger partial charge >= 0.3 is 0 Å². The Morgan fingerprint density at radius 1 is 0.964 bits per heavy atom. The number of rotatable bonds is 4. The zero-order valence-electron chi connectivity index (χ0n) is 15.4. The fraction of sp³-hybridized carbons (Fsp3) is 0.0870. The van der Waals surface area contributed by atoms with Gasteiger partial charge in [0.25, 0.3) is 5.91 Å². The topological polar surface area (TPSA) is 45.6 Å². The van der Waals surface area contributed by atoms with Crippen LogP contribution in [0.1, 0.15) is 24.1 Å². The van der Waals surface area contributed by atoms with Gasteiger partial charge < -0.3 is 0 Å². The minimum absolute atomic E-state index is 0.0344. The quantitative estimate of drug-likeness (QED) is 0.561. The molecule has 0 saturated carbocycles. The Balaban J connectivity index is 1.74. The minimum atomic E-state index is -0.119. The van der Waals surface area contributed by atoms with E-state index >= 15 is 0 Å². The summed E-state index contributed by atoms with van der Waals surface area (Å²) in [6.45, 7) is 2.03. The van der Waals surface area contributed by atoms with Crippen molar-refractivity contribution in [3.8, 4) is 0 Å². The van der Waals surface area contributed by atoms with Crippen LogP contribution in [0.2, 0.25) is 0 Å².